The molecule has 1 amide bonds. The molecule has 1 aromatic heterocycles. The molecule has 27 heavy (non-hydrogen) atoms. The summed E-state index contributed by atoms with van der Waals surface area (Å²) < 4.78 is 11.2. The van der Waals surface area contributed by atoms with Crippen molar-refractivity contribution < 1.29 is 14.3 Å². The summed E-state index contributed by atoms with van der Waals surface area (Å²) in [7, 11) is 1.63. The third-order valence-corrected chi connectivity index (χ3v) is 5.61. The van der Waals surface area contributed by atoms with Gasteiger partial charge in [-0.3, -0.25) is 4.79 Å². The Hall–Kier alpha value is -1.73. The second-order valence-corrected chi connectivity index (χ2v) is 8.69. The van der Waals surface area contributed by atoms with E-state index in [0.29, 0.717) is 30.6 Å². The first-order valence-electron chi connectivity index (χ1n) is 9.03. The summed E-state index contributed by atoms with van der Waals surface area (Å²) in [5.41, 5.74) is 2.02. The first kappa shape index (κ1) is 21.6. The van der Waals surface area contributed by atoms with Crippen LogP contribution in [0.15, 0.2) is 23.6 Å². The largest absolute Gasteiger partial charge is 0.493 e. The summed E-state index contributed by atoms with van der Waals surface area (Å²) in [4.78, 5) is 16.4. The lowest BCUT2D eigenvalue weighted by Gasteiger charge is -2.13. The predicted molar refractivity (Wildman–Crippen MR) is 113 cm³/mol. The van der Waals surface area contributed by atoms with Gasteiger partial charge in [-0.2, -0.15) is 0 Å². The molecule has 2 aromatic rings. The number of thiazole rings is 1. The van der Waals surface area contributed by atoms with E-state index >= 15 is 0 Å². The highest BCUT2D eigenvalue weighted by molar-refractivity contribution is 7.99. The number of hydrogen-bond acceptors (Lipinski definition) is 6. The minimum Gasteiger partial charge on any atom is -0.493 e. The average molecular weight is 409 g/mol. The Morgan fingerprint density at radius 1 is 1.33 bits per heavy atom. The van der Waals surface area contributed by atoms with Crippen LogP contribution in [0.4, 0.5) is 0 Å². The van der Waals surface area contributed by atoms with Gasteiger partial charge in [-0.1, -0.05) is 19.9 Å². The molecule has 7 heteroatoms. The van der Waals surface area contributed by atoms with Gasteiger partial charge >= 0.3 is 0 Å². The zero-order chi connectivity index (χ0) is 19.6. The van der Waals surface area contributed by atoms with Crippen LogP contribution in [0.3, 0.4) is 0 Å². The number of ether oxygens (including phenoxy) is 2. The predicted octanol–water partition coefficient (Wildman–Crippen LogP) is 4.43. The van der Waals surface area contributed by atoms with Crippen molar-refractivity contribution in [1.82, 2.24) is 10.3 Å². The van der Waals surface area contributed by atoms with Crippen molar-refractivity contribution in [1.29, 1.82) is 0 Å². The normalized spacial score (nSPS) is 10.9. The number of carbonyl (C=O) groups excluding carboxylic acids is 1. The first-order valence-corrected chi connectivity index (χ1v) is 11.1. The standard InChI is InChI=1S/C20H28N2O3S2/c1-14(2)7-8-25-18-6-5-16(9-19(18)24-4)10-21-20(23)13-26-11-17-12-27-15(3)22-17/h5-6,9,12,14H,7-8,10-11,13H2,1-4H3,(H,21,23). The van der Waals surface area contributed by atoms with E-state index in [0.717, 1.165) is 34.2 Å². The number of aryl methyl sites for hydroxylation is 1. The summed E-state index contributed by atoms with van der Waals surface area (Å²) in [5, 5.41) is 6.04. The van der Waals surface area contributed by atoms with Crippen molar-refractivity contribution in [2.45, 2.75) is 39.5 Å². The van der Waals surface area contributed by atoms with Crippen molar-refractivity contribution in [2.75, 3.05) is 19.5 Å². The monoisotopic (exact) mass is 408 g/mol. The highest BCUT2D eigenvalue weighted by Gasteiger charge is 2.08. The second-order valence-electron chi connectivity index (χ2n) is 6.64. The van der Waals surface area contributed by atoms with Crippen molar-refractivity contribution in [3.8, 4) is 11.5 Å². The van der Waals surface area contributed by atoms with Gasteiger partial charge in [-0.25, -0.2) is 4.98 Å². The van der Waals surface area contributed by atoms with E-state index in [1.807, 2.05) is 30.5 Å². The SMILES string of the molecule is COc1cc(CNC(=O)CSCc2csc(C)n2)ccc1OCCC(C)C. The van der Waals surface area contributed by atoms with Gasteiger partial charge in [0.05, 0.1) is 30.2 Å². The molecule has 2 rings (SSSR count). The fourth-order valence-electron chi connectivity index (χ4n) is 2.32. The molecule has 0 aliphatic heterocycles. The van der Waals surface area contributed by atoms with Gasteiger partial charge in [0.15, 0.2) is 11.5 Å². The number of methoxy groups -OCH3 is 1. The number of thioether (sulfide) groups is 1. The Labute approximate surface area is 169 Å². The van der Waals surface area contributed by atoms with Gasteiger partial charge in [0.1, 0.15) is 0 Å². The summed E-state index contributed by atoms with van der Waals surface area (Å²) in [6.45, 7) is 7.46. The highest BCUT2D eigenvalue weighted by Crippen LogP contribution is 2.28. The molecule has 0 aliphatic carbocycles. The number of hydrogen-bond donors (Lipinski definition) is 1. The number of amides is 1. The maximum absolute atomic E-state index is 12.0. The molecule has 0 saturated carbocycles. The number of nitrogens with zero attached hydrogens (tertiary/aromatic N) is 1. The number of carbonyl (C=O) groups is 1. The van der Waals surface area contributed by atoms with Gasteiger partial charge in [-0.15, -0.1) is 23.1 Å². The van der Waals surface area contributed by atoms with E-state index in [2.05, 4.69) is 24.1 Å². The smallest absolute Gasteiger partial charge is 0.230 e. The topological polar surface area (TPSA) is 60.5 Å². The van der Waals surface area contributed by atoms with Gasteiger partial charge in [0, 0.05) is 17.7 Å². The highest BCUT2D eigenvalue weighted by atomic mass is 32.2. The Bertz CT molecular complexity index is 732. The minimum absolute atomic E-state index is 0.0168. The third-order valence-electron chi connectivity index (χ3n) is 3.82. The van der Waals surface area contributed by atoms with Crippen LogP contribution in [-0.2, 0) is 17.1 Å². The first-order chi connectivity index (χ1) is 13.0. The van der Waals surface area contributed by atoms with Crippen LogP contribution >= 0.6 is 23.1 Å². The van der Waals surface area contributed by atoms with E-state index in [1.165, 1.54) is 0 Å². The maximum Gasteiger partial charge on any atom is 0.230 e. The van der Waals surface area contributed by atoms with Crippen LogP contribution in [0, 0.1) is 12.8 Å². The zero-order valence-corrected chi connectivity index (χ0v) is 18.0. The van der Waals surface area contributed by atoms with Gasteiger partial charge in [0.25, 0.3) is 0 Å². The molecule has 0 aliphatic rings. The Morgan fingerprint density at radius 3 is 2.81 bits per heavy atom. The van der Waals surface area contributed by atoms with E-state index < -0.39 is 0 Å². The van der Waals surface area contributed by atoms with Crippen LogP contribution in [0.5, 0.6) is 11.5 Å². The maximum atomic E-state index is 12.0. The van der Waals surface area contributed by atoms with Crippen molar-refractivity contribution in [3.63, 3.8) is 0 Å². The molecule has 1 N–H and O–H groups in total. The average Bonchev–Trinajstić information content (AvgIpc) is 3.05. The molecule has 0 unspecified atom stereocenters. The number of nitrogens with one attached hydrogen (secondary N) is 1. The fourth-order valence-corrected chi connectivity index (χ4v) is 3.78. The molecule has 0 fully saturated rings. The second kappa shape index (κ2) is 11.2. The summed E-state index contributed by atoms with van der Waals surface area (Å²) in [6, 6.07) is 5.77. The lowest BCUT2D eigenvalue weighted by atomic mass is 10.1. The Morgan fingerprint density at radius 2 is 2.15 bits per heavy atom. The van der Waals surface area contributed by atoms with Gasteiger partial charge < -0.3 is 14.8 Å². The van der Waals surface area contributed by atoms with Crippen LogP contribution in [-0.4, -0.2) is 30.4 Å². The minimum atomic E-state index is 0.0168. The van der Waals surface area contributed by atoms with Crippen LogP contribution < -0.4 is 14.8 Å². The van der Waals surface area contributed by atoms with Crippen LogP contribution in [0.25, 0.3) is 0 Å². The van der Waals surface area contributed by atoms with E-state index in [4.69, 9.17) is 9.47 Å². The van der Waals surface area contributed by atoms with Crippen molar-refractivity contribution in [2.24, 2.45) is 5.92 Å². The van der Waals surface area contributed by atoms with E-state index in [-0.39, 0.29) is 5.91 Å². The molecule has 0 saturated heterocycles. The molecule has 1 heterocycles. The van der Waals surface area contributed by atoms with Crippen LogP contribution in [0.1, 0.15) is 36.5 Å². The quantitative estimate of drug-likeness (QED) is 0.596. The number of benzene rings is 1. The third kappa shape index (κ3) is 7.81. The summed E-state index contributed by atoms with van der Waals surface area (Å²) in [5.74, 6) is 3.23. The number of aromatic nitrogens is 1. The molecule has 1 aromatic carbocycles. The van der Waals surface area contributed by atoms with Crippen molar-refractivity contribution >= 4 is 29.0 Å². The Kier molecular flexibility index (Phi) is 8.94. The Balaban J connectivity index is 1.76. The molecule has 148 valence electrons. The molecular formula is C20H28N2O3S2. The summed E-state index contributed by atoms with van der Waals surface area (Å²) in [6.07, 6.45) is 0.999. The van der Waals surface area contributed by atoms with E-state index in [1.54, 1.807) is 30.2 Å². The molecular weight excluding hydrogens is 380 g/mol. The molecule has 0 spiro atoms. The lowest BCUT2D eigenvalue weighted by molar-refractivity contribution is -0.118. The molecule has 0 atom stereocenters. The molecule has 0 radical (unpaired) electrons. The molecule has 5 nitrogen and oxygen atoms in total. The van der Waals surface area contributed by atoms with Gasteiger partial charge in [-0.05, 0) is 37.0 Å². The molecule has 0 bridgehead atoms. The fraction of sp³-hybridized carbons (Fsp3) is 0.500. The van der Waals surface area contributed by atoms with Gasteiger partial charge in [0.2, 0.25) is 5.91 Å². The van der Waals surface area contributed by atoms with E-state index in [9.17, 15) is 4.79 Å². The number of rotatable bonds is 11. The zero-order valence-electron chi connectivity index (χ0n) is 16.4. The summed E-state index contributed by atoms with van der Waals surface area (Å²) >= 11 is 3.21. The van der Waals surface area contributed by atoms with Crippen molar-refractivity contribution in [3.05, 3.63) is 39.8 Å². The lowest BCUT2D eigenvalue weighted by Crippen LogP contribution is -2.24. The van der Waals surface area contributed by atoms with Crippen LogP contribution in [0.2, 0.25) is 0 Å².